The van der Waals surface area contributed by atoms with Gasteiger partial charge in [-0.15, -0.1) is 23.7 Å². The van der Waals surface area contributed by atoms with E-state index in [0.717, 1.165) is 2.88 Å². The Labute approximate surface area is 94.9 Å². The molecule has 0 atom stereocenters. The van der Waals surface area contributed by atoms with Crippen LogP contribution in [0.1, 0.15) is 16.8 Å². The number of rotatable bonds is 3. The molecule has 1 aromatic rings. The first-order valence-electron chi connectivity index (χ1n) is 3.69. The lowest BCUT2D eigenvalue weighted by molar-refractivity contribution is 0.0955. The summed E-state index contributed by atoms with van der Waals surface area (Å²) in [5.41, 5.74) is 0.714. The van der Waals surface area contributed by atoms with Gasteiger partial charge in [0.05, 0.1) is 8.45 Å². The molecule has 0 aliphatic rings. The Bertz CT molecular complexity index is 340. The van der Waals surface area contributed by atoms with E-state index in [1.165, 1.54) is 0 Å². The van der Waals surface area contributed by atoms with Crippen molar-refractivity contribution < 1.29 is 4.79 Å². The van der Waals surface area contributed by atoms with Gasteiger partial charge in [0.25, 0.3) is 5.91 Å². The molecule has 0 unspecified atom stereocenters. The third-order valence-corrected chi connectivity index (χ3v) is 3.17. The van der Waals surface area contributed by atoms with Crippen LogP contribution in [0.5, 0.6) is 0 Å². The van der Waals surface area contributed by atoms with E-state index in [2.05, 4.69) is 33.8 Å². The molecule has 1 rings (SSSR count). The van der Waals surface area contributed by atoms with Crippen LogP contribution >= 0.6 is 33.9 Å². The molecule has 1 heterocycles. The van der Waals surface area contributed by atoms with E-state index < -0.39 is 0 Å². The largest absolute Gasteiger partial charge is 0.351 e. The number of hydrogen-bond donors (Lipinski definition) is 1. The minimum absolute atomic E-state index is 0.0468. The maximum atomic E-state index is 11.4. The third kappa shape index (κ3) is 3.36. The highest BCUT2D eigenvalue weighted by Crippen LogP contribution is 2.16. The van der Waals surface area contributed by atoms with Gasteiger partial charge in [-0.05, 0) is 28.7 Å². The Balaban J connectivity index is 2.45. The lowest BCUT2D eigenvalue weighted by atomic mass is 10.3. The molecular formula is C9H8INOS. The Kier molecular flexibility index (Phi) is 4.25. The number of carbonyl (C=O) groups is 1. The summed E-state index contributed by atoms with van der Waals surface area (Å²) >= 11 is 3.74. The zero-order valence-corrected chi connectivity index (χ0v) is 9.81. The fraction of sp³-hybridized carbons (Fsp3) is 0.222. The van der Waals surface area contributed by atoms with Crippen LogP contribution in [0.15, 0.2) is 11.4 Å². The summed E-state index contributed by atoms with van der Waals surface area (Å²) in [5.74, 6) is 2.42. The molecule has 0 fully saturated rings. The standard InChI is InChI=1S/C9H8INOS/c1-2-3-4-11-9(12)7-5-8(10)13-6-7/h1,5-6H,3-4H2,(H,11,12). The Morgan fingerprint density at radius 3 is 3.08 bits per heavy atom. The number of halogens is 1. The highest BCUT2D eigenvalue weighted by atomic mass is 127. The van der Waals surface area contributed by atoms with Crippen molar-refractivity contribution >= 4 is 39.8 Å². The van der Waals surface area contributed by atoms with Gasteiger partial charge in [0, 0.05) is 18.3 Å². The Morgan fingerprint density at radius 1 is 1.77 bits per heavy atom. The van der Waals surface area contributed by atoms with Crippen molar-refractivity contribution in [1.82, 2.24) is 5.32 Å². The van der Waals surface area contributed by atoms with Gasteiger partial charge in [0.1, 0.15) is 0 Å². The van der Waals surface area contributed by atoms with E-state index in [4.69, 9.17) is 6.42 Å². The first-order chi connectivity index (χ1) is 6.24. The summed E-state index contributed by atoms with van der Waals surface area (Å²) in [4.78, 5) is 11.4. The summed E-state index contributed by atoms with van der Waals surface area (Å²) < 4.78 is 1.11. The van der Waals surface area contributed by atoms with Crippen LogP contribution in [-0.2, 0) is 0 Å². The molecule has 0 saturated carbocycles. The molecule has 0 aliphatic heterocycles. The number of terminal acetylenes is 1. The van der Waals surface area contributed by atoms with Crippen LogP contribution in [0.4, 0.5) is 0 Å². The summed E-state index contributed by atoms with van der Waals surface area (Å²) in [5, 5.41) is 4.58. The minimum Gasteiger partial charge on any atom is -0.351 e. The average Bonchev–Trinajstić information content (AvgIpc) is 2.52. The molecule has 0 spiro atoms. The molecule has 1 amide bonds. The lowest BCUT2D eigenvalue weighted by Crippen LogP contribution is -2.23. The van der Waals surface area contributed by atoms with E-state index in [9.17, 15) is 4.79 Å². The van der Waals surface area contributed by atoms with Crippen LogP contribution in [-0.4, -0.2) is 12.5 Å². The van der Waals surface area contributed by atoms with Gasteiger partial charge in [0.2, 0.25) is 0 Å². The Hall–Kier alpha value is -0.540. The number of hydrogen-bond acceptors (Lipinski definition) is 2. The van der Waals surface area contributed by atoms with Crippen LogP contribution < -0.4 is 5.32 Å². The molecule has 2 nitrogen and oxygen atoms in total. The normalized spacial score (nSPS) is 9.23. The summed E-state index contributed by atoms with van der Waals surface area (Å²) in [6.45, 7) is 0.543. The van der Waals surface area contributed by atoms with Gasteiger partial charge >= 0.3 is 0 Å². The SMILES string of the molecule is C#CCCNC(=O)c1csc(I)c1. The molecule has 1 aromatic heterocycles. The predicted octanol–water partition coefficient (Wildman–Crippen LogP) is 2.11. The van der Waals surface area contributed by atoms with Crippen LogP contribution in [0.25, 0.3) is 0 Å². The third-order valence-electron chi connectivity index (χ3n) is 1.38. The van der Waals surface area contributed by atoms with Crippen molar-refractivity contribution in [3.63, 3.8) is 0 Å². The first kappa shape index (κ1) is 10.5. The quantitative estimate of drug-likeness (QED) is 0.517. The first-order valence-corrected chi connectivity index (χ1v) is 5.65. The second kappa shape index (κ2) is 5.25. The zero-order valence-electron chi connectivity index (χ0n) is 6.84. The monoisotopic (exact) mass is 305 g/mol. The molecule has 1 N–H and O–H groups in total. The van der Waals surface area contributed by atoms with Gasteiger partial charge < -0.3 is 5.32 Å². The average molecular weight is 305 g/mol. The molecular weight excluding hydrogens is 297 g/mol. The van der Waals surface area contributed by atoms with Crippen molar-refractivity contribution in [2.45, 2.75) is 6.42 Å². The van der Waals surface area contributed by atoms with Crippen molar-refractivity contribution in [3.05, 3.63) is 19.9 Å². The van der Waals surface area contributed by atoms with Crippen molar-refractivity contribution in [2.24, 2.45) is 0 Å². The van der Waals surface area contributed by atoms with Crippen LogP contribution in [0.2, 0.25) is 0 Å². The highest BCUT2D eigenvalue weighted by molar-refractivity contribution is 14.1. The van der Waals surface area contributed by atoms with E-state index in [1.54, 1.807) is 11.3 Å². The second-order valence-corrected chi connectivity index (χ2v) is 5.15. The van der Waals surface area contributed by atoms with Gasteiger partial charge in [-0.25, -0.2) is 0 Å². The fourth-order valence-electron chi connectivity index (χ4n) is 0.779. The number of carbonyl (C=O) groups excluding carboxylic acids is 1. The molecule has 13 heavy (non-hydrogen) atoms. The smallest absolute Gasteiger partial charge is 0.252 e. The lowest BCUT2D eigenvalue weighted by Gasteiger charge is -1.98. The molecule has 68 valence electrons. The maximum Gasteiger partial charge on any atom is 0.252 e. The van der Waals surface area contributed by atoms with Gasteiger partial charge in [-0.1, -0.05) is 0 Å². The van der Waals surface area contributed by atoms with Gasteiger partial charge in [-0.3, -0.25) is 4.79 Å². The number of amides is 1. The molecule has 0 aromatic carbocycles. The van der Waals surface area contributed by atoms with Crippen molar-refractivity contribution in [2.75, 3.05) is 6.54 Å². The van der Waals surface area contributed by atoms with E-state index in [1.807, 2.05) is 11.4 Å². The fourth-order valence-corrected chi connectivity index (χ4v) is 2.11. The summed E-state index contributed by atoms with van der Waals surface area (Å²) in [6.07, 6.45) is 5.63. The van der Waals surface area contributed by atoms with E-state index in [-0.39, 0.29) is 5.91 Å². The predicted molar refractivity (Wildman–Crippen MR) is 62.8 cm³/mol. The van der Waals surface area contributed by atoms with Crippen LogP contribution in [0.3, 0.4) is 0 Å². The topological polar surface area (TPSA) is 29.1 Å². The zero-order chi connectivity index (χ0) is 9.68. The molecule has 0 bridgehead atoms. The summed E-state index contributed by atoms with van der Waals surface area (Å²) in [6, 6.07) is 1.86. The van der Waals surface area contributed by atoms with Crippen molar-refractivity contribution in [1.29, 1.82) is 0 Å². The molecule has 0 saturated heterocycles. The Morgan fingerprint density at radius 2 is 2.54 bits per heavy atom. The summed E-state index contributed by atoms with van der Waals surface area (Å²) in [7, 11) is 0. The maximum absolute atomic E-state index is 11.4. The van der Waals surface area contributed by atoms with Crippen molar-refractivity contribution in [3.8, 4) is 12.3 Å². The second-order valence-electron chi connectivity index (χ2n) is 2.35. The number of nitrogens with one attached hydrogen (secondary N) is 1. The highest BCUT2D eigenvalue weighted by Gasteiger charge is 2.05. The number of thiophene rings is 1. The molecule has 4 heteroatoms. The molecule has 0 radical (unpaired) electrons. The van der Waals surface area contributed by atoms with E-state index in [0.29, 0.717) is 18.5 Å². The van der Waals surface area contributed by atoms with E-state index >= 15 is 0 Å². The minimum atomic E-state index is -0.0468. The van der Waals surface area contributed by atoms with Gasteiger partial charge in [0.15, 0.2) is 0 Å². The van der Waals surface area contributed by atoms with Crippen LogP contribution in [0, 0.1) is 15.2 Å². The molecule has 0 aliphatic carbocycles. The van der Waals surface area contributed by atoms with Gasteiger partial charge in [-0.2, -0.15) is 0 Å².